The fraction of sp³-hybridized carbons (Fsp3) is 1.00. The van der Waals surface area contributed by atoms with Crippen molar-refractivity contribution in [1.82, 2.24) is 10.2 Å². The molecule has 5 heteroatoms. The van der Waals surface area contributed by atoms with E-state index < -0.39 is 6.41 Å². The average molecular weight is 217 g/mol. The molecule has 0 aromatic rings. The van der Waals surface area contributed by atoms with Crippen molar-refractivity contribution in [3.05, 3.63) is 0 Å². The summed E-state index contributed by atoms with van der Waals surface area (Å²) in [5, 5.41) is 12.9. The number of nitrogens with zero attached hydrogens (tertiary/aromatic N) is 1. The van der Waals surface area contributed by atoms with Gasteiger partial charge in [-0.1, -0.05) is 20.8 Å². The molecular formula is C10H23N3O2. The van der Waals surface area contributed by atoms with Crippen molar-refractivity contribution < 1.29 is 9.84 Å². The van der Waals surface area contributed by atoms with Crippen LogP contribution in [0.3, 0.4) is 0 Å². The lowest BCUT2D eigenvalue weighted by atomic mass is 9.99. The molecule has 4 N–H and O–H groups in total. The Morgan fingerprint density at radius 1 is 1.60 bits per heavy atom. The van der Waals surface area contributed by atoms with E-state index in [9.17, 15) is 5.11 Å². The van der Waals surface area contributed by atoms with E-state index in [0.717, 1.165) is 13.1 Å². The lowest BCUT2D eigenvalue weighted by molar-refractivity contribution is -0.209. The van der Waals surface area contributed by atoms with Crippen molar-refractivity contribution in [2.45, 2.75) is 33.4 Å². The molecule has 1 rings (SSSR count). The second-order valence-electron chi connectivity index (χ2n) is 5.25. The highest BCUT2D eigenvalue weighted by Gasteiger charge is 2.23. The summed E-state index contributed by atoms with van der Waals surface area (Å²) in [7, 11) is 0. The molecule has 15 heavy (non-hydrogen) atoms. The van der Waals surface area contributed by atoms with Crippen LogP contribution in [0.15, 0.2) is 0 Å². The Labute approximate surface area is 91.6 Å². The number of rotatable bonds is 3. The van der Waals surface area contributed by atoms with Gasteiger partial charge < -0.3 is 15.6 Å². The van der Waals surface area contributed by atoms with Crippen LogP contribution >= 0.6 is 0 Å². The number of nitrogens with one attached hydrogen (secondary N) is 1. The zero-order valence-electron chi connectivity index (χ0n) is 9.86. The van der Waals surface area contributed by atoms with Crippen LogP contribution in [0.5, 0.6) is 0 Å². The van der Waals surface area contributed by atoms with Gasteiger partial charge in [0.05, 0.1) is 12.8 Å². The van der Waals surface area contributed by atoms with Crippen molar-refractivity contribution in [3.63, 3.8) is 0 Å². The third-order valence-corrected chi connectivity index (χ3v) is 2.21. The first-order valence-electron chi connectivity index (χ1n) is 5.41. The Balaban J connectivity index is 2.29. The molecule has 0 saturated carbocycles. The van der Waals surface area contributed by atoms with E-state index in [2.05, 4.69) is 26.1 Å². The highest BCUT2D eigenvalue weighted by atomic mass is 16.6. The number of ether oxygens (including phenoxy) is 1. The Bertz CT molecular complexity index is 194. The molecule has 1 saturated heterocycles. The minimum Gasteiger partial charge on any atom is -0.356 e. The standard InChI is InChI=1S/C10H23N3O2/c1-10(2,3)7-15-9(14)13-5-4-12-8(11)6-13/h8-9,12,14H,4-7,11H2,1-3H3. The maximum Gasteiger partial charge on any atom is 0.216 e. The molecule has 1 fully saturated rings. The fourth-order valence-electron chi connectivity index (χ4n) is 1.43. The maximum absolute atomic E-state index is 9.78. The summed E-state index contributed by atoms with van der Waals surface area (Å²) in [6.45, 7) is 8.92. The molecule has 1 aliphatic rings. The summed E-state index contributed by atoms with van der Waals surface area (Å²) >= 11 is 0. The SMILES string of the molecule is CC(C)(C)COC(O)N1CCNC(N)C1. The van der Waals surface area contributed by atoms with Gasteiger partial charge in [0.2, 0.25) is 6.41 Å². The van der Waals surface area contributed by atoms with Crippen molar-refractivity contribution in [1.29, 1.82) is 0 Å². The second-order valence-corrected chi connectivity index (χ2v) is 5.25. The first-order chi connectivity index (χ1) is 6.88. The topological polar surface area (TPSA) is 70.8 Å². The molecule has 0 radical (unpaired) electrons. The molecule has 1 aliphatic heterocycles. The summed E-state index contributed by atoms with van der Waals surface area (Å²) in [5.41, 5.74) is 5.79. The smallest absolute Gasteiger partial charge is 0.216 e. The number of nitrogens with two attached hydrogens (primary N) is 1. The molecule has 2 atom stereocenters. The lowest BCUT2D eigenvalue weighted by Crippen LogP contribution is -2.58. The van der Waals surface area contributed by atoms with Crippen LogP contribution in [-0.2, 0) is 4.74 Å². The molecule has 0 spiro atoms. The van der Waals surface area contributed by atoms with Crippen molar-refractivity contribution in [2.24, 2.45) is 11.1 Å². The first kappa shape index (κ1) is 12.9. The number of hydrogen-bond acceptors (Lipinski definition) is 5. The number of hydrogen-bond donors (Lipinski definition) is 3. The third-order valence-electron chi connectivity index (χ3n) is 2.21. The quantitative estimate of drug-likeness (QED) is 0.557. The van der Waals surface area contributed by atoms with Gasteiger partial charge in [0.25, 0.3) is 0 Å². The monoisotopic (exact) mass is 217 g/mol. The van der Waals surface area contributed by atoms with Crippen molar-refractivity contribution in [2.75, 3.05) is 26.2 Å². The third kappa shape index (κ3) is 4.90. The summed E-state index contributed by atoms with van der Waals surface area (Å²) in [6, 6.07) is 0. The van der Waals surface area contributed by atoms with E-state index >= 15 is 0 Å². The molecule has 0 aromatic heterocycles. The van der Waals surface area contributed by atoms with Gasteiger partial charge in [0.1, 0.15) is 0 Å². The van der Waals surface area contributed by atoms with E-state index in [1.807, 2.05) is 4.90 Å². The molecule has 2 unspecified atom stereocenters. The molecule has 0 amide bonds. The Kier molecular flexibility index (Phi) is 4.48. The van der Waals surface area contributed by atoms with E-state index in [-0.39, 0.29) is 11.6 Å². The van der Waals surface area contributed by atoms with Crippen LogP contribution < -0.4 is 11.1 Å². The maximum atomic E-state index is 9.78. The van der Waals surface area contributed by atoms with Gasteiger partial charge in [0.15, 0.2) is 0 Å². The van der Waals surface area contributed by atoms with Gasteiger partial charge in [-0.25, -0.2) is 0 Å². The molecule has 0 aromatic carbocycles. The number of piperazine rings is 1. The van der Waals surface area contributed by atoms with Crippen LogP contribution in [0.25, 0.3) is 0 Å². The van der Waals surface area contributed by atoms with E-state index in [4.69, 9.17) is 10.5 Å². The highest BCUT2D eigenvalue weighted by molar-refractivity contribution is 4.73. The zero-order valence-corrected chi connectivity index (χ0v) is 9.86. The van der Waals surface area contributed by atoms with E-state index in [0.29, 0.717) is 13.2 Å². The Morgan fingerprint density at radius 3 is 2.80 bits per heavy atom. The first-order valence-corrected chi connectivity index (χ1v) is 5.41. The fourth-order valence-corrected chi connectivity index (χ4v) is 1.43. The summed E-state index contributed by atoms with van der Waals surface area (Å²) in [5.74, 6) is 0. The Morgan fingerprint density at radius 2 is 2.27 bits per heavy atom. The second kappa shape index (κ2) is 5.23. The zero-order chi connectivity index (χ0) is 11.5. The van der Waals surface area contributed by atoms with Crippen molar-refractivity contribution in [3.8, 4) is 0 Å². The molecule has 90 valence electrons. The minimum absolute atomic E-state index is 0.0666. The van der Waals surface area contributed by atoms with E-state index in [1.165, 1.54) is 0 Å². The van der Waals surface area contributed by atoms with E-state index in [1.54, 1.807) is 0 Å². The lowest BCUT2D eigenvalue weighted by Gasteiger charge is -2.35. The largest absolute Gasteiger partial charge is 0.356 e. The van der Waals surface area contributed by atoms with Crippen LogP contribution in [0, 0.1) is 5.41 Å². The van der Waals surface area contributed by atoms with Gasteiger partial charge in [-0.15, -0.1) is 0 Å². The summed E-state index contributed by atoms with van der Waals surface area (Å²) in [4.78, 5) is 1.84. The summed E-state index contributed by atoms with van der Waals surface area (Å²) < 4.78 is 5.39. The van der Waals surface area contributed by atoms with Gasteiger partial charge in [-0.3, -0.25) is 10.2 Å². The van der Waals surface area contributed by atoms with Crippen LogP contribution in [0.4, 0.5) is 0 Å². The molecule has 1 heterocycles. The molecule has 0 bridgehead atoms. The van der Waals surface area contributed by atoms with Gasteiger partial charge in [-0.2, -0.15) is 0 Å². The molecular weight excluding hydrogens is 194 g/mol. The molecule has 5 nitrogen and oxygen atoms in total. The normalized spacial score (nSPS) is 26.6. The molecule has 0 aliphatic carbocycles. The average Bonchev–Trinajstić information content (AvgIpc) is 2.13. The highest BCUT2D eigenvalue weighted by Crippen LogP contribution is 2.14. The van der Waals surface area contributed by atoms with Gasteiger partial charge in [-0.05, 0) is 5.41 Å². The van der Waals surface area contributed by atoms with Gasteiger partial charge >= 0.3 is 0 Å². The van der Waals surface area contributed by atoms with Crippen molar-refractivity contribution >= 4 is 0 Å². The van der Waals surface area contributed by atoms with Gasteiger partial charge in [0, 0.05) is 19.6 Å². The van der Waals surface area contributed by atoms with Crippen LogP contribution in [0.1, 0.15) is 20.8 Å². The van der Waals surface area contributed by atoms with Crippen LogP contribution in [0.2, 0.25) is 0 Å². The number of aliphatic hydroxyl groups is 1. The minimum atomic E-state index is -0.836. The predicted octanol–water partition coefficient (Wildman–Crippen LogP) is -0.485. The van der Waals surface area contributed by atoms with Crippen LogP contribution in [-0.4, -0.2) is 48.8 Å². The summed E-state index contributed by atoms with van der Waals surface area (Å²) in [6.07, 6.45) is -0.913. The Hall–Kier alpha value is -0.200. The number of aliphatic hydroxyl groups excluding tert-OH is 1. The predicted molar refractivity (Wildman–Crippen MR) is 59.0 cm³/mol.